The lowest BCUT2D eigenvalue weighted by atomic mass is 9.91. The number of nitrogens with one attached hydrogen (secondary N) is 2. The van der Waals surface area contributed by atoms with Crippen molar-refractivity contribution in [3.63, 3.8) is 0 Å². The van der Waals surface area contributed by atoms with Crippen LogP contribution in [0.2, 0.25) is 5.02 Å². The molecule has 2 N–H and O–H groups in total. The van der Waals surface area contributed by atoms with Crippen LogP contribution in [-0.4, -0.2) is 50.0 Å². The Morgan fingerprint density at radius 3 is 2.45 bits per heavy atom. The fraction of sp³-hybridized carbons (Fsp3) is 0.233. The Bertz CT molecular complexity index is 1610. The summed E-state index contributed by atoms with van der Waals surface area (Å²) in [7, 11) is -2.03. The summed E-state index contributed by atoms with van der Waals surface area (Å²) in [6.45, 7) is 4.74. The lowest BCUT2D eigenvalue weighted by Crippen LogP contribution is -2.32. The normalized spacial score (nSPS) is 14.8. The molecule has 0 radical (unpaired) electrons. The number of H-pyrrole nitrogens is 1. The third kappa shape index (κ3) is 6.32. The molecule has 0 bridgehead atoms. The quantitative estimate of drug-likeness (QED) is 0.234. The number of halogens is 3. The maximum Gasteiger partial charge on any atom is 0.240 e. The summed E-state index contributed by atoms with van der Waals surface area (Å²) in [5.74, 6) is -0.193. The van der Waals surface area contributed by atoms with Gasteiger partial charge in [-0.15, -0.1) is 12.4 Å². The van der Waals surface area contributed by atoms with E-state index in [1.807, 2.05) is 30.5 Å². The van der Waals surface area contributed by atoms with Crippen LogP contribution in [0.3, 0.4) is 0 Å². The molecule has 210 valence electrons. The summed E-state index contributed by atoms with van der Waals surface area (Å²) < 4.78 is 40.2. The number of rotatable bonds is 8. The molecule has 0 spiro atoms. The molecule has 0 saturated heterocycles. The van der Waals surface area contributed by atoms with Crippen molar-refractivity contribution in [3.05, 3.63) is 101 Å². The van der Waals surface area contributed by atoms with Crippen LogP contribution in [0.15, 0.2) is 84.2 Å². The maximum atomic E-state index is 13.9. The van der Waals surface area contributed by atoms with Crippen molar-refractivity contribution in [1.29, 1.82) is 0 Å². The molecule has 0 aliphatic carbocycles. The molecule has 40 heavy (non-hydrogen) atoms. The van der Waals surface area contributed by atoms with Gasteiger partial charge in [-0.05, 0) is 78.6 Å². The molecule has 3 heterocycles. The Labute approximate surface area is 245 Å². The molecule has 1 atom stereocenters. The van der Waals surface area contributed by atoms with Crippen LogP contribution in [-0.2, 0) is 10.0 Å². The van der Waals surface area contributed by atoms with Gasteiger partial charge >= 0.3 is 0 Å². The third-order valence-corrected chi connectivity index (χ3v) is 8.98. The van der Waals surface area contributed by atoms with E-state index in [4.69, 9.17) is 11.6 Å². The molecule has 5 rings (SSSR count). The molecule has 0 fully saturated rings. The van der Waals surface area contributed by atoms with Gasteiger partial charge in [0.1, 0.15) is 5.82 Å². The highest BCUT2D eigenvalue weighted by Crippen LogP contribution is 2.40. The number of sulfonamides is 1. The first-order valence-corrected chi connectivity index (χ1v) is 14.7. The van der Waals surface area contributed by atoms with Crippen molar-refractivity contribution >= 4 is 39.6 Å². The standard InChI is InChI=1S/C30H30ClFN4O2S.ClH/c1-20(21-3-6-25(7-4-21)39(37,38)33-2)19-36-15-11-22(12-16-36)26-18-35-30(24-5-8-28(32)27(31)17-24)29(26)23-9-13-34-14-10-23;/h3-11,13-14,17-18,20,33,35H,12,15-16,19H2,1-2H3;1H. The molecule has 2 aromatic heterocycles. The Morgan fingerprint density at radius 2 is 1.82 bits per heavy atom. The zero-order valence-electron chi connectivity index (χ0n) is 22.2. The van der Waals surface area contributed by atoms with E-state index in [2.05, 4.69) is 32.6 Å². The molecule has 6 nitrogen and oxygen atoms in total. The summed E-state index contributed by atoms with van der Waals surface area (Å²) in [5.41, 5.74) is 7.25. The van der Waals surface area contributed by atoms with E-state index in [0.29, 0.717) is 0 Å². The lowest BCUT2D eigenvalue weighted by molar-refractivity contribution is 0.287. The van der Waals surface area contributed by atoms with Gasteiger partial charge in [0.05, 0.1) is 15.6 Å². The van der Waals surface area contributed by atoms with Gasteiger partial charge in [0, 0.05) is 54.9 Å². The summed E-state index contributed by atoms with van der Waals surface area (Å²) in [4.78, 5) is 10.3. The van der Waals surface area contributed by atoms with Crippen molar-refractivity contribution in [2.75, 3.05) is 26.7 Å². The van der Waals surface area contributed by atoms with Crippen LogP contribution >= 0.6 is 24.0 Å². The Morgan fingerprint density at radius 1 is 1.10 bits per heavy atom. The van der Waals surface area contributed by atoms with Crippen LogP contribution in [0.25, 0.3) is 28.0 Å². The number of hydrogen-bond acceptors (Lipinski definition) is 4. The van der Waals surface area contributed by atoms with E-state index < -0.39 is 15.8 Å². The van der Waals surface area contributed by atoms with Gasteiger partial charge in [0.2, 0.25) is 10.0 Å². The van der Waals surface area contributed by atoms with E-state index in [0.717, 1.165) is 59.6 Å². The highest BCUT2D eigenvalue weighted by atomic mass is 35.5. The first kappa shape index (κ1) is 30.0. The fourth-order valence-electron chi connectivity index (χ4n) is 5.08. The van der Waals surface area contributed by atoms with Gasteiger partial charge in [-0.2, -0.15) is 0 Å². The topological polar surface area (TPSA) is 78.1 Å². The molecule has 0 saturated carbocycles. The van der Waals surface area contributed by atoms with Gasteiger partial charge in [-0.25, -0.2) is 17.5 Å². The number of nitrogens with zero attached hydrogens (tertiary/aromatic N) is 2. The maximum absolute atomic E-state index is 13.9. The zero-order chi connectivity index (χ0) is 27.6. The number of aromatic amines is 1. The molecule has 1 aliphatic heterocycles. The average molecular weight is 602 g/mol. The smallest absolute Gasteiger partial charge is 0.240 e. The second-order valence-electron chi connectivity index (χ2n) is 9.73. The predicted octanol–water partition coefficient (Wildman–Crippen LogP) is 6.76. The van der Waals surface area contributed by atoms with Crippen LogP contribution in [0.4, 0.5) is 4.39 Å². The van der Waals surface area contributed by atoms with Crippen molar-refractivity contribution in [2.24, 2.45) is 0 Å². The van der Waals surface area contributed by atoms with Crippen LogP contribution < -0.4 is 4.72 Å². The van der Waals surface area contributed by atoms with Gasteiger partial charge in [0.25, 0.3) is 0 Å². The summed E-state index contributed by atoms with van der Waals surface area (Å²) >= 11 is 6.11. The predicted molar refractivity (Wildman–Crippen MR) is 162 cm³/mol. The number of pyridine rings is 1. The molecular formula is C30H31Cl2FN4O2S. The molecule has 10 heteroatoms. The monoisotopic (exact) mass is 600 g/mol. The van der Waals surface area contributed by atoms with E-state index in [-0.39, 0.29) is 28.2 Å². The van der Waals surface area contributed by atoms with Crippen molar-refractivity contribution in [3.8, 4) is 22.4 Å². The average Bonchev–Trinajstić information content (AvgIpc) is 3.40. The van der Waals surface area contributed by atoms with Crippen LogP contribution in [0, 0.1) is 5.82 Å². The first-order valence-electron chi connectivity index (χ1n) is 12.8. The summed E-state index contributed by atoms with van der Waals surface area (Å²) in [6.07, 6.45) is 8.71. The number of aromatic nitrogens is 2. The largest absolute Gasteiger partial charge is 0.360 e. The highest BCUT2D eigenvalue weighted by Gasteiger charge is 2.22. The zero-order valence-corrected chi connectivity index (χ0v) is 24.6. The second kappa shape index (κ2) is 12.7. The minimum Gasteiger partial charge on any atom is -0.360 e. The van der Waals surface area contributed by atoms with Gasteiger partial charge in [-0.1, -0.05) is 36.7 Å². The van der Waals surface area contributed by atoms with Crippen molar-refractivity contribution < 1.29 is 12.8 Å². The van der Waals surface area contributed by atoms with E-state index in [1.165, 1.54) is 18.7 Å². The van der Waals surface area contributed by atoms with Crippen LogP contribution in [0.5, 0.6) is 0 Å². The summed E-state index contributed by atoms with van der Waals surface area (Å²) in [6, 6.07) is 15.8. The first-order chi connectivity index (χ1) is 18.8. The van der Waals surface area contributed by atoms with Gasteiger partial charge in [-0.3, -0.25) is 9.88 Å². The number of benzene rings is 2. The van der Waals surface area contributed by atoms with Crippen molar-refractivity contribution in [2.45, 2.75) is 24.2 Å². The van der Waals surface area contributed by atoms with Gasteiger partial charge in [0.15, 0.2) is 0 Å². The van der Waals surface area contributed by atoms with E-state index in [9.17, 15) is 12.8 Å². The lowest BCUT2D eigenvalue weighted by Gasteiger charge is -2.29. The Balaban J connectivity index is 0.00000370. The Kier molecular flexibility index (Phi) is 9.48. The molecule has 4 aromatic rings. The third-order valence-electron chi connectivity index (χ3n) is 7.26. The fourth-order valence-corrected chi connectivity index (χ4v) is 5.99. The number of hydrogen-bond donors (Lipinski definition) is 2. The molecule has 0 amide bonds. The molecule has 1 aliphatic rings. The Hall–Kier alpha value is -3.01. The second-order valence-corrected chi connectivity index (χ2v) is 12.0. The molecule has 1 unspecified atom stereocenters. The van der Waals surface area contributed by atoms with E-state index >= 15 is 0 Å². The SMILES string of the molecule is CNS(=O)(=O)c1ccc(C(C)CN2CC=C(c3c[nH]c(-c4ccc(F)c(Cl)c4)c3-c3ccncc3)CC2)cc1.Cl. The van der Waals surface area contributed by atoms with Crippen LogP contribution in [0.1, 0.15) is 30.4 Å². The minimum absolute atomic E-state index is 0. The highest BCUT2D eigenvalue weighted by molar-refractivity contribution is 7.89. The van der Waals surface area contributed by atoms with E-state index in [1.54, 1.807) is 36.7 Å². The summed E-state index contributed by atoms with van der Waals surface area (Å²) in [5, 5.41) is 0.0873. The molecular weight excluding hydrogens is 570 g/mol. The minimum atomic E-state index is -3.44. The molecule has 2 aromatic carbocycles. The van der Waals surface area contributed by atoms with Gasteiger partial charge < -0.3 is 4.98 Å². The van der Waals surface area contributed by atoms with Crippen molar-refractivity contribution in [1.82, 2.24) is 19.6 Å².